The van der Waals surface area contributed by atoms with E-state index in [4.69, 9.17) is 28.3 Å². The van der Waals surface area contributed by atoms with Crippen LogP contribution in [0.3, 0.4) is 0 Å². The minimum Gasteiger partial charge on any atom is -0.481 e. The van der Waals surface area contributed by atoms with Gasteiger partial charge in [-0.15, -0.1) is 0 Å². The molecule has 2 rings (SSSR count). The molecule has 3 unspecified atom stereocenters. The maximum atomic E-state index is 12.3. The van der Waals surface area contributed by atoms with Gasteiger partial charge in [0.25, 0.3) is 0 Å². The van der Waals surface area contributed by atoms with E-state index in [9.17, 15) is 9.59 Å². The topological polar surface area (TPSA) is 57.6 Å². The third-order valence-electron chi connectivity index (χ3n) is 3.83. The van der Waals surface area contributed by atoms with Crippen LogP contribution < -0.4 is 0 Å². The highest BCUT2D eigenvalue weighted by Gasteiger charge is 2.46. The van der Waals surface area contributed by atoms with E-state index in [1.807, 2.05) is 12.1 Å². The van der Waals surface area contributed by atoms with Gasteiger partial charge in [-0.3, -0.25) is 9.59 Å². The van der Waals surface area contributed by atoms with Crippen LogP contribution in [-0.4, -0.2) is 35.5 Å². The van der Waals surface area contributed by atoms with Crippen molar-refractivity contribution in [2.45, 2.75) is 19.3 Å². The molecule has 1 amide bonds. The lowest BCUT2D eigenvalue weighted by molar-refractivity contribution is -0.142. The summed E-state index contributed by atoms with van der Waals surface area (Å²) in [5, 5.41) is 9.88. The maximum absolute atomic E-state index is 12.3. The molecule has 1 N–H and O–H groups in total. The van der Waals surface area contributed by atoms with Crippen molar-refractivity contribution >= 4 is 35.1 Å². The van der Waals surface area contributed by atoms with Gasteiger partial charge in [-0.1, -0.05) is 42.3 Å². The van der Waals surface area contributed by atoms with Crippen molar-refractivity contribution in [1.82, 2.24) is 4.90 Å². The number of carbonyl (C=O) groups is 2. The van der Waals surface area contributed by atoms with E-state index in [1.54, 1.807) is 20.0 Å². The number of carbonyl (C=O) groups excluding carboxylic acids is 1. The van der Waals surface area contributed by atoms with E-state index >= 15 is 0 Å². The van der Waals surface area contributed by atoms with Crippen LogP contribution in [-0.2, 0) is 9.59 Å². The zero-order valence-electron chi connectivity index (χ0n) is 11.8. The smallest absolute Gasteiger partial charge is 0.308 e. The van der Waals surface area contributed by atoms with Crippen molar-refractivity contribution in [2.24, 2.45) is 11.8 Å². The molecule has 1 aliphatic rings. The second kappa shape index (κ2) is 6.24. The Bertz CT molecular complexity index is 576. The quantitative estimate of drug-likeness (QED) is 0.901. The van der Waals surface area contributed by atoms with Gasteiger partial charge in [0.1, 0.15) is 0 Å². The van der Waals surface area contributed by atoms with E-state index in [-0.39, 0.29) is 24.3 Å². The van der Waals surface area contributed by atoms with Crippen molar-refractivity contribution in [1.29, 1.82) is 0 Å². The average molecular weight is 330 g/mol. The van der Waals surface area contributed by atoms with Crippen LogP contribution in [0.2, 0.25) is 10.0 Å². The summed E-state index contributed by atoms with van der Waals surface area (Å²) in [6.45, 7) is 1.80. The van der Waals surface area contributed by atoms with E-state index in [1.165, 1.54) is 4.90 Å². The number of nitrogens with zero attached hydrogens (tertiary/aromatic N) is 1. The van der Waals surface area contributed by atoms with Crippen molar-refractivity contribution in [3.8, 4) is 0 Å². The Hall–Kier alpha value is -1.26. The van der Waals surface area contributed by atoms with E-state index in [0.717, 1.165) is 12.0 Å². The summed E-state index contributed by atoms with van der Waals surface area (Å²) in [5.41, 5.74) is 0.891. The molecule has 3 atom stereocenters. The van der Waals surface area contributed by atoms with Gasteiger partial charge in [-0.05, 0) is 24.0 Å². The third kappa shape index (κ3) is 3.50. The molecule has 0 spiro atoms. The number of carboxylic acid groups (broad SMARTS) is 1. The molecule has 1 aliphatic carbocycles. The molecule has 6 heteroatoms. The van der Waals surface area contributed by atoms with Crippen LogP contribution in [0.1, 0.15) is 24.8 Å². The summed E-state index contributed by atoms with van der Waals surface area (Å²) in [6, 6.07) is 5.42. The van der Waals surface area contributed by atoms with E-state index < -0.39 is 11.9 Å². The first kappa shape index (κ1) is 16.1. The largest absolute Gasteiger partial charge is 0.481 e. The Morgan fingerprint density at radius 1 is 1.43 bits per heavy atom. The van der Waals surface area contributed by atoms with Crippen LogP contribution in [0.5, 0.6) is 0 Å². The van der Waals surface area contributed by atoms with Crippen molar-refractivity contribution < 1.29 is 14.7 Å². The van der Waals surface area contributed by atoms with Gasteiger partial charge < -0.3 is 10.0 Å². The van der Waals surface area contributed by atoms with Crippen LogP contribution in [0.15, 0.2) is 18.2 Å². The van der Waals surface area contributed by atoms with Crippen LogP contribution >= 0.6 is 23.2 Å². The van der Waals surface area contributed by atoms with Gasteiger partial charge in [0.2, 0.25) is 5.91 Å². The molecule has 1 aromatic rings. The van der Waals surface area contributed by atoms with Gasteiger partial charge in [0.05, 0.1) is 16.0 Å². The second-order valence-electron chi connectivity index (χ2n) is 5.55. The van der Waals surface area contributed by atoms with E-state index in [2.05, 4.69) is 0 Å². The molecule has 1 fully saturated rings. The number of halogens is 2. The Kier molecular flexibility index (Phi) is 4.79. The zero-order chi connectivity index (χ0) is 15.7. The molecular formula is C15H17Cl2NO3. The van der Waals surface area contributed by atoms with Gasteiger partial charge in [0.15, 0.2) is 0 Å². The minimum atomic E-state index is -0.903. The number of aliphatic carboxylic acids is 1. The summed E-state index contributed by atoms with van der Waals surface area (Å²) >= 11 is 12.2. The second-order valence-corrected chi connectivity index (χ2v) is 6.33. The minimum absolute atomic E-state index is 0.0378. The van der Waals surface area contributed by atoms with Crippen LogP contribution in [0.25, 0.3) is 0 Å². The van der Waals surface area contributed by atoms with E-state index in [0.29, 0.717) is 10.0 Å². The standard InChI is InChI=1S/C15H17Cl2NO3/c1-8(15(20)21)7-18(2)14(19)11-6-10(11)9-4-3-5-12(16)13(9)17/h3-5,8,10-11H,6-7H2,1-2H3,(H,20,21). The Balaban J connectivity index is 2.01. The first-order valence-corrected chi connectivity index (χ1v) is 7.50. The number of carboxylic acids is 1. The third-order valence-corrected chi connectivity index (χ3v) is 4.67. The normalized spacial score (nSPS) is 21.7. The Morgan fingerprint density at radius 3 is 2.71 bits per heavy atom. The van der Waals surface area contributed by atoms with Crippen LogP contribution in [0, 0.1) is 11.8 Å². The highest BCUT2D eigenvalue weighted by atomic mass is 35.5. The molecule has 1 aromatic carbocycles. The SMILES string of the molecule is CC(CN(C)C(=O)C1CC1c1cccc(Cl)c1Cl)C(=O)O. The summed E-state index contributed by atoms with van der Waals surface area (Å²) in [4.78, 5) is 24.6. The summed E-state index contributed by atoms with van der Waals surface area (Å²) in [7, 11) is 1.64. The fourth-order valence-electron chi connectivity index (χ4n) is 2.48. The molecule has 0 aromatic heterocycles. The molecule has 0 saturated heterocycles. The first-order chi connectivity index (χ1) is 9.82. The Morgan fingerprint density at radius 2 is 2.10 bits per heavy atom. The summed E-state index contributed by atoms with van der Waals surface area (Å²) < 4.78 is 0. The maximum Gasteiger partial charge on any atom is 0.308 e. The highest BCUT2D eigenvalue weighted by molar-refractivity contribution is 6.42. The lowest BCUT2D eigenvalue weighted by Gasteiger charge is -2.19. The van der Waals surface area contributed by atoms with Gasteiger partial charge in [-0.25, -0.2) is 0 Å². The number of amides is 1. The van der Waals surface area contributed by atoms with Gasteiger partial charge in [0, 0.05) is 19.5 Å². The fraction of sp³-hybridized carbons (Fsp3) is 0.467. The predicted molar refractivity (Wildman–Crippen MR) is 81.7 cm³/mol. The molecular weight excluding hydrogens is 313 g/mol. The molecule has 114 valence electrons. The van der Waals surface area contributed by atoms with Gasteiger partial charge in [-0.2, -0.15) is 0 Å². The lowest BCUT2D eigenvalue weighted by atomic mass is 10.1. The van der Waals surface area contributed by atoms with Crippen molar-refractivity contribution in [3.63, 3.8) is 0 Å². The number of rotatable bonds is 5. The molecule has 1 saturated carbocycles. The summed E-state index contributed by atoms with van der Waals surface area (Å²) in [5.74, 6) is -1.58. The first-order valence-electron chi connectivity index (χ1n) is 6.74. The van der Waals surface area contributed by atoms with Gasteiger partial charge >= 0.3 is 5.97 Å². The molecule has 0 radical (unpaired) electrons. The molecule has 4 nitrogen and oxygen atoms in total. The highest BCUT2D eigenvalue weighted by Crippen LogP contribution is 2.51. The van der Waals surface area contributed by atoms with Crippen molar-refractivity contribution in [3.05, 3.63) is 33.8 Å². The molecule has 21 heavy (non-hydrogen) atoms. The monoisotopic (exact) mass is 329 g/mol. The molecule has 0 heterocycles. The predicted octanol–water partition coefficient (Wildman–Crippen LogP) is 3.28. The summed E-state index contributed by atoms with van der Waals surface area (Å²) in [6.07, 6.45) is 0.727. The zero-order valence-corrected chi connectivity index (χ0v) is 13.4. The fourth-order valence-corrected chi connectivity index (χ4v) is 2.93. The van der Waals surface area contributed by atoms with Crippen LogP contribution in [0.4, 0.5) is 0 Å². The number of hydrogen-bond donors (Lipinski definition) is 1. The van der Waals surface area contributed by atoms with Crippen molar-refractivity contribution in [2.75, 3.05) is 13.6 Å². The molecule has 0 aliphatic heterocycles. The number of benzene rings is 1. The number of hydrogen-bond acceptors (Lipinski definition) is 2. The molecule has 0 bridgehead atoms. The average Bonchev–Trinajstić information content (AvgIpc) is 3.20. The lowest BCUT2D eigenvalue weighted by Crippen LogP contribution is -2.34. The Labute approximate surface area is 133 Å².